The summed E-state index contributed by atoms with van der Waals surface area (Å²) in [6.07, 6.45) is 43.6. The lowest BCUT2D eigenvalue weighted by Crippen LogP contribution is -3.00. The van der Waals surface area contributed by atoms with Gasteiger partial charge in [0.15, 0.2) is 0 Å². The molecule has 0 aliphatic rings. The molecule has 0 atom stereocenters. The van der Waals surface area contributed by atoms with E-state index in [1.54, 1.807) is 0 Å². The lowest BCUT2D eigenvalue weighted by molar-refractivity contribution is -0.903. The summed E-state index contributed by atoms with van der Waals surface area (Å²) >= 11 is 0. The lowest BCUT2D eigenvalue weighted by Gasteiger charge is -2.30. The number of nitrogens with zero attached hydrogens (tertiary/aromatic N) is 1. The van der Waals surface area contributed by atoms with Crippen LogP contribution < -0.4 is 12.4 Å². The van der Waals surface area contributed by atoms with Crippen LogP contribution in [0.15, 0.2) is 30.3 Å². The van der Waals surface area contributed by atoms with Crippen molar-refractivity contribution in [1.82, 2.24) is 0 Å². The molecule has 0 spiro atoms. The van der Waals surface area contributed by atoms with Gasteiger partial charge in [0.2, 0.25) is 0 Å². The Morgan fingerprint density at radius 1 is 0.356 bits per heavy atom. The first-order valence-electron chi connectivity index (χ1n) is 20.4. The number of hydrogen-bond acceptors (Lipinski definition) is 0. The standard InChI is InChI=1S/C27H50N.C16H34.ClH/c1-4-5-6-7-8-9-10-11-12-13-14-15-16-17-18-22-25-28(2,3)26-27-23-20-19-21-24-27;1-3-5-7-9-11-13-15-16-14-12-10-8-6-4-2;/h19-21,23-24H,4-18,22,25-26H2,1-3H3;3-16H2,1-2H3;1H/q+1;;/p-1. The van der Waals surface area contributed by atoms with Gasteiger partial charge in [-0.15, -0.1) is 0 Å². The van der Waals surface area contributed by atoms with E-state index in [-0.39, 0.29) is 12.4 Å². The third-order valence-electron chi connectivity index (χ3n) is 9.53. The summed E-state index contributed by atoms with van der Waals surface area (Å²) in [5, 5.41) is 0. The first kappa shape index (κ1) is 46.6. The first-order chi connectivity index (χ1) is 21.6. The Hall–Kier alpha value is -0.530. The van der Waals surface area contributed by atoms with Gasteiger partial charge in [-0.25, -0.2) is 0 Å². The second-order valence-corrected chi connectivity index (χ2v) is 14.8. The second kappa shape index (κ2) is 37.9. The molecule has 0 unspecified atom stereocenters. The number of rotatable bonds is 32. The molecule has 0 bridgehead atoms. The van der Waals surface area contributed by atoms with Gasteiger partial charge in [0.05, 0.1) is 20.6 Å². The van der Waals surface area contributed by atoms with Crippen molar-refractivity contribution in [1.29, 1.82) is 0 Å². The molecule has 0 aliphatic carbocycles. The van der Waals surface area contributed by atoms with Crippen molar-refractivity contribution >= 4 is 0 Å². The molecule has 0 N–H and O–H groups in total. The van der Waals surface area contributed by atoms with E-state index in [1.165, 1.54) is 205 Å². The van der Waals surface area contributed by atoms with Gasteiger partial charge in [-0.2, -0.15) is 0 Å². The minimum Gasteiger partial charge on any atom is -1.00 e. The highest BCUT2D eigenvalue weighted by atomic mass is 35.5. The minimum atomic E-state index is 0. The zero-order valence-electron chi connectivity index (χ0n) is 31.8. The molecule has 0 aliphatic heterocycles. The Morgan fingerprint density at radius 3 is 0.867 bits per heavy atom. The van der Waals surface area contributed by atoms with Crippen molar-refractivity contribution in [2.24, 2.45) is 0 Å². The van der Waals surface area contributed by atoms with Crippen molar-refractivity contribution in [3.05, 3.63) is 35.9 Å². The van der Waals surface area contributed by atoms with Gasteiger partial charge in [-0.05, 0) is 12.8 Å². The number of hydrogen-bond donors (Lipinski definition) is 0. The predicted octanol–water partition coefficient (Wildman–Crippen LogP) is 12.0. The summed E-state index contributed by atoms with van der Waals surface area (Å²) in [5.41, 5.74) is 1.46. The molecule has 0 heterocycles. The molecule has 0 amide bonds. The Morgan fingerprint density at radius 2 is 0.600 bits per heavy atom. The van der Waals surface area contributed by atoms with Crippen LogP contribution in [0.25, 0.3) is 0 Å². The van der Waals surface area contributed by atoms with Gasteiger partial charge in [-0.1, -0.05) is 231 Å². The van der Waals surface area contributed by atoms with E-state index >= 15 is 0 Å². The van der Waals surface area contributed by atoms with Crippen LogP contribution in [0.5, 0.6) is 0 Å². The fourth-order valence-corrected chi connectivity index (χ4v) is 6.51. The van der Waals surface area contributed by atoms with Crippen LogP contribution in [-0.2, 0) is 6.54 Å². The lowest BCUT2D eigenvalue weighted by atomic mass is 10.0. The van der Waals surface area contributed by atoms with Crippen molar-refractivity contribution < 1.29 is 16.9 Å². The van der Waals surface area contributed by atoms with Crippen LogP contribution in [0.2, 0.25) is 0 Å². The molecular weight excluding hydrogens is 566 g/mol. The molecule has 1 nitrogen and oxygen atoms in total. The smallest absolute Gasteiger partial charge is 0.104 e. The first-order valence-corrected chi connectivity index (χ1v) is 20.4. The van der Waals surface area contributed by atoms with E-state index in [9.17, 15) is 0 Å². The largest absolute Gasteiger partial charge is 1.00 e. The summed E-state index contributed by atoms with van der Waals surface area (Å²) in [7, 11) is 4.75. The third-order valence-corrected chi connectivity index (χ3v) is 9.53. The van der Waals surface area contributed by atoms with Crippen molar-refractivity contribution in [2.75, 3.05) is 20.6 Å². The SMILES string of the molecule is CCCCCCCCCCCCCCCC.CCCCCCCCCCCCCCCCCC[N+](C)(C)Cc1ccccc1.[Cl-]. The van der Waals surface area contributed by atoms with E-state index in [2.05, 4.69) is 65.2 Å². The number of halogens is 1. The summed E-state index contributed by atoms with van der Waals surface area (Å²) in [6.45, 7) is 9.33. The van der Waals surface area contributed by atoms with E-state index in [0.29, 0.717) is 0 Å². The third kappa shape index (κ3) is 37.8. The van der Waals surface area contributed by atoms with Crippen LogP contribution in [0.1, 0.15) is 219 Å². The predicted molar refractivity (Wildman–Crippen MR) is 203 cm³/mol. The molecule has 1 aromatic carbocycles. The Balaban J connectivity index is 0. The second-order valence-electron chi connectivity index (χ2n) is 14.8. The molecule has 45 heavy (non-hydrogen) atoms. The normalized spacial score (nSPS) is 11.2. The van der Waals surface area contributed by atoms with Gasteiger partial charge >= 0.3 is 0 Å². The van der Waals surface area contributed by atoms with Crippen LogP contribution in [0.3, 0.4) is 0 Å². The molecule has 1 rings (SSSR count). The molecule has 0 saturated heterocycles. The fourth-order valence-electron chi connectivity index (χ4n) is 6.51. The average Bonchev–Trinajstić information content (AvgIpc) is 3.02. The van der Waals surface area contributed by atoms with Crippen molar-refractivity contribution in [3.8, 4) is 0 Å². The molecule has 0 saturated carbocycles. The van der Waals surface area contributed by atoms with Gasteiger partial charge < -0.3 is 16.9 Å². The van der Waals surface area contributed by atoms with Gasteiger partial charge in [0, 0.05) is 5.56 Å². The summed E-state index contributed by atoms with van der Waals surface area (Å²) in [4.78, 5) is 0. The van der Waals surface area contributed by atoms with E-state index in [4.69, 9.17) is 0 Å². The molecule has 0 radical (unpaired) electrons. The van der Waals surface area contributed by atoms with Crippen molar-refractivity contribution in [2.45, 2.75) is 220 Å². The maximum absolute atomic E-state index is 2.37. The summed E-state index contributed by atoms with van der Waals surface area (Å²) in [5.74, 6) is 0. The van der Waals surface area contributed by atoms with Crippen LogP contribution in [-0.4, -0.2) is 25.1 Å². The number of quaternary nitrogens is 1. The Labute approximate surface area is 292 Å². The van der Waals surface area contributed by atoms with Gasteiger partial charge in [0.1, 0.15) is 6.54 Å². The summed E-state index contributed by atoms with van der Waals surface area (Å²) < 4.78 is 1.11. The van der Waals surface area contributed by atoms with E-state index < -0.39 is 0 Å². The Kier molecular flexibility index (Phi) is 39.3. The zero-order valence-corrected chi connectivity index (χ0v) is 32.6. The number of benzene rings is 1. The molecule has 2 heteroatoms. The molecular formula is C43H84ClN. The molecule has 0 fully saturated rings. The molecule has 0 aromatic heterocycles. The quantitative estimate of drug-likeness (QED) is 0.0538. The minimum absolute atomic E-state index is 0. The highest BCUT2D eigenvalue weighted by Crippen LogP contribution is 2.16. The van der Waals surface area contributed by atoms with Crippen molar-refractivity contribution in [3.63, 3.8) is 0 Å². The Bertz CT molecular complexity index is 629. The summed E-state index contributed by atoms with van der Waals surface area (Å²) in [6, 6.07) is 10.9. The average molecular weight is 651 g/mol. The van der Waals surface area contributed by atoms with Crippen LogP contribution in [0, 0.1) is 0 Å². The topological polar surface area (TPSA) is 0 Å². The van der Waals surface area contributed by atoms with Crippen LogP contribution in [0.4, 0.5) is 0 Å². The van der Waals surface area contributed by atoms with E-state index in [0.717, 1.165) is 11.0 Å². The van der Waals surface area contributed by atoms with Gasteiger partial charge in [-0.3, -0.25) is 0 Å². The number of unbranched alkanes of at least 4 members (excludes halogenated alkanes) is 28. The molecule has 1 aromatic rings. The maximum atomic E-state index is 2.37. The van der Waals surface area contributed by atoms with E-state index in [1.807, 2.05) is 0 Å². The molecule has 268 valence electrons. The maximum Gasteiger partial charge on any atom is 0.104 e. The highest BCUT2D eigenvalue weighted by Gasteiger charge is 2.14. The van der Waals surface area contributed by atoms with Gasteiger partial charge in [0.25, 0.3) is 0 Å². The highest BCUT2D eigenvalue weighted by molar-refractivity contribution is 5.13. The zero-order chi connectivity index (χ0) is 32.2. The monoisotopic (exact) mass is 650 g/mol. The fraction of sp³-hybridized carbons (Fsp3) is 0.860. The van der Waals surface area contributed by atoms with Crippen LogP contribution >= 0.6 is 0 Å².